The smallest absolute Gasteiger partial charge is 0.245 e. The Bertz CT molecular complexity index is 569. The lowest BCUT2D eigenvalue weighted by Crippen LogP contribution is -2.19. The average Bonchev–Trinajstić information content (AvgIpc) is 2.36. The third-order valence-corrected chi connectivity index (χ3v) is 4.22. The van der Waals surface area contributed by atoms with Crippen molar-refractivity contribution in [2.45, 2.75) is 53.9 Å². The zero-order valence-corrected chi connectivity index (χ0v) is 15.1. The van der Waals surface area contributed by atoms with Crippen LogP contribution in [0, 0.1) is 5.41 Å². The molecule has 0 unspecified atom stereocenters. The molecule has 0 bridgehead atoms. The van der Waals surface area contributed by atoms with Crippen LogP contribution in [0.2, 0.25) is 0 Å². The summed E-state index contributed by atoms with van der Waals surface area (Å²) < 4.78 is 0. The van der Waals surface area contributed by atoms with Gasteiger partial charge in [-0.2, -0.15) is 0 Å². The molecule has 0 aliphatic heterocycles. The fourth-order valence-corrected chi connectivity index (χ4v) is 3.03. The quantitative estimate of drug-likeness (QED) is 0.331. The van der Waals surface area contributed by atoms with E-state index in [1.807, 2.05) is 25.2 Å². The molecular formula is C20H27ClO. The van der Waals surface area contributed by atoms with Gasteiger partial charge < -0.3 is 0 Å². The van der Waals surface area contributed by atoms with Crippen LogP contribution in [0.4, 0.5) is 0 Å². The monoisotopic (exact) mass is 318 g/mol. The van der Waals surface area contributed by atoms with Gasteiger partial charge >= 0.3 is 0 Å². The summed E-state index contributed by atoms with van der Waals surface area (Å²) >= 11 is 5.31. The van der Waals surface area contributed by atoms with Crippen LogP contribution >= 0.6 is 11.6 Å². The fraction of sp³-hybridized carbons (Fsp3) is 0.450. The predicted molar refractivity (Wildman–Crippen MR) is 97.0 cm³/mol. The van der Waals surface area contributed by atoms with Crippen molar-refractivity contribution < 1.29 is 4.79 Å². The molecular weight excluding hydrogens is 292 g/mol. The van der Waals surface area contributed by atoms with Crippen molar-refractivity contribution in [3.63, 3.8) is 0 Å². The van der Waals surface area contributed by atoms with E-state index in [-0.39, 0.29) is 5.41 Å². The molecule has 0 heterocycles. The van der Waals surface area contributed by atoms with Crippen molar-refractivity contribution in [3.8, 4) is 0 Å². The average molecular weight is 319 g/mol. The Balaban J connectivity index is 2.79. The molecule has 1 rings (SSSR count). The summed E-state index contributed by atoms with van der Waals surface area (Å²) in [6.07, 6.45) is 15.5. The molecule has 0 aromatic heterocycles. The second-order valence-electron chi connectivity index (χ2n) is 6.73. The van der Waals surface area contributed by atoms with Gasteiger partial charge in [-0.1, -0.05) is 55.4 Å². The van der Waals surface area contributed by atoms with E-state index in [1.54, 1.807) is 0 Å². The highest BCUT2D eigenvalue weighted by Crippen LogP contribution is 2.40. The van der Waals surface area contributed by atoms with Gasteiger partial charge in [0.25, 0.3) is 0 Å². The van der Waals surface area contributed by atoms with Crippen LogP contribution in [0.3, 0.4) is 0 Å². The van der Waals surface area contributed by atoms with E-state index in [4.69, 9.17) is 11.6 Å². The summed E-state index contributed by atoms with van der Waals surface area (Å²) in [6, 6.07) is 0. The normalized spacial score (nSPS) is 20.3. The molecule has 0 saturated carbocycles. The van der Waals surface area contributed by atoms with Crippen LogP contribution in [-0.4, -0.2) is 5.24 Å². The van der Waals surface area contributed by atoms with Crippen LogP contribution in [0.5, 0.6) is 0 Å². The van der Waals surface area contributed by atoms with Gasteiger partial charge in [-0.05, 0) is 68.2 Å². The SMILES string of the molecule is CC(C=CC1=C(C)CCCC1(C)C)=CC=CC(C)=CC(=O)Cl. The third-order valence-electron chi connectivity index (χ3n) is 4.11. The highest BCUT2D eigenvalue weighted by Gasteiger charge is 2.26. The van der Waals surface area contributed by atoms with E-state index >= 15 is 0 Å². The zero-order valence-electron chi connectivity index (χ0n) is 14.4. The van der Waals surface area contributed by atoms with E-state index in [1.165, 1.54) is 42.1 Å². The lowest BCUT2D eigenvalue weighted by molar-refractivity contribution is -0.107. The third kappa shape index (κ3) is 6.19. The van der Waals surface area contributed by atoms with Gasteiger partial charge in [-0.3, -0.25) is 4.79 Å². The minimum absolute atomic E-state index is 0.273. The van der Waals surface area contributed by atoms with Crippen molar-refractivity contribution in [2.24, 2.45) is 5.41 Å². The molecule has 0 amide bonds. The fourth-order valence-electron chi connectivity index (χ4n) is 2.86. The molecule has 1 nitrogen and oxygen atoms in total. The number of halogens is 1. The van der Waals surface area contributed by atoms with Crippen LogP contribution in [0.25, 0.3) is 0 Å². The topological polar surface area (TPSA) is 17.1 Å². The van der Waals surface area contributed by atoms with Gasteiger partial charge in [0, 0.05) is 6.08 Å². The molecule has 0 N–H and O–H groups in total. The van der Waals surface area contributed by atoms with Crippen LogP contribution in [0.1, 0.15) is 53.9 Å². The van der Waals surface area contributed by atoms with E-state index in [0.717, 1.165) is 5.57 Å². The van der Waals surface area contributed by atoms with Crippen LogP contribution < -0.4 is 0 Å². The van der Waals surface area contributed by atoms with Gasteiger partial charge in [0.1, 0.15) is 0 Å². The summed E-state index contributed by atoms with van der Waals surface area (Å²) in [4.78, 5) is 10.7. The van der Waals surface area contributed by atoms with Crippen molar-refractivity contribution in [1.82, 2.24) is 0 Å². The molecule has 22 heavy (non-hydrogen) atoms. The predicted octanol–water partition coefficient (Wildman–Crippen LogP) is 6.28. The molecule has 1 aliphatic rings. The summed E-state index contributed by atoms with van der Waals surface area (Å²) in [7, 11) is 0. The van der Waals surface area contributed by atoms with E-state index in [0.29, 0.717) is 0 Å². The molecule has 0 atom stereocenters. The maximum atomic E-state index is 10.7. The number of hydrogen-bond donors (Lipinski definition) is 0. The maximum Gasteiger partial charge on any atom is 0.245 e. The highest BCUT2D eigenvalue weighted by atomic mass is 35.5. The van der Waals surface area contributed by atoms with Crippen molar-refractivity contribution >= 4 is 16.8 Å². The summed E-state index contributed by atoms with van der Waals surface area (Å²) in [6.45, 7) is 10.8. The number of allylic oxidation sites excluding steroid dienone is 10. The van der Waals surface area contributed by atoms with Crippen molar-refractivity contribution in [2.75, 3.05) is 0 Å². The number of hydrogen-bond acceptors (Lipinski definition) is 1. The largest absolute Gasteiger partial charge is 0.276 e. The van der Waals surface area contributed by atoms with Gasteiger partial charge in [-0.15, -0.1) is 0 Å². The zero-order chi connectivity index (χ0) is 16.8. The van der Waals surface area contributed by atoms with Crippen LogP contribution in [0.15, 0.2) is 58.7 Å². The lowest BCUT2D eigenvalue weighted by atomic mass is 9.72. The second-order valence-corrected chi connectivity index (χ2v) is 7.10. The van der Waals surface area contributed by atoms with Gasteiger partial charge in [0.05, 0.1) is 0 Å². The Morgan fingerprint density at radius 2 is 1.86 bits per heavy atom. The van der Waals surface area contributed by atoms with E-state index in [2.05, 4.69) is 39.8 Å². The molecule has 0 aromatic carbocycles. The van der Waals surface area contributed by atoms with Crippen LogP contribution in [-0.2, 0) is 4.79 Å². The molecule has 0 saturated heterocycles. The number of carbonyl (C=O) groups is 1. The number of carbonyl (C=O) groups excluding carboxylic acids is 1. The molecule has 0 radical (unpaired) electrons. The molecule has 1 aliphatic carbocycles. The minimum Gasteiger partial charge on any atom is -0.276 e. The molecule has 2 heteroatoms. The van der Waals surface area contributed by atoms with Gasteiger partial charge in [0.2, 0.25) is 5.24 Å². The summed E-state index contributed by atoms with van der Waals surface area (Å²) in [5, 5.41) is -0.440. The lowest BCUT2D eigenvalue weighted by Gasteiger charge is -2.32. The van der Waals surface area contributed by atoms with Gasteiger partial charge in [0.15, 0.2) is 0 Å². The summed E-state index contributed by atoms with van der Waals surface area (Å²) in [5.74, 6) is 0. The Labute approximate surface area is 140 Å². The first kappa shape index (κ1) is 18.7. The van der Waals surface area contributed by atoms with Crippen molar-refractivity contribution in [3.05, 3.63) is 58.7 Å². The molecule has 0 fully saturated rings. The molecule has 0 aromatic rings. The second kappa shape index (κ2) is 8.33. The Kier molecular flexibility index (Phi) is 7.09. The minimum atomic E-state index is -0.440. The maximum absolute atomic E-state index is 10.7. The molecule has 0 spiro atoms. The van der Waals surface area contributed by atoms with Crippen molar-refractivity contribution in [1.29, 1.82) is 0 Å². The number of rotatable bonds is 5. The first-order chi connectivity index (χ1) is 10.2. The first-order valence-corrected chi connectivity index (χ1v) is 8.21. The Morgan fingerprint density at radius 3 is 2.45 bits per heavy atom. The Hall–Kier alpha value is -1.34. The Morgan fingerprint density at radius 1 is 1.18 bits per heavy atom. The first-order valence-electron chi connectivity index (χ1n) is 7.83. The van der Waals surface area contributed by atoms with E-state index < -0.39 is 5.24 Å². The van der Waals surface area contributed by atoms with E-state index in [9.17, 15) is 4.79 Å². The summed E-state index contributed by atoms with van der Waals surface area (Å²) in [5.41, 5.74) is 5.28. The highest BCUT2D eigenvalue weighted by molar-refractivity contribution is 6.66. The van der Waals surface area contributed by atoms with Gasteiger partial charge in [-0.25, -0.2) is 0 Å². The standard InChI is InChI=1S/C20H27ClO/c1-15(8-6-9-16(2)14-19(21)22)11-12-18-17(3)10-7-13-20(18,4)5/h6,8-9,11-12,14H,7,10,13H2,1-5H3. The molecule has 120 valence electrons.